The average Bonchev–Trinajstić information content (AvgIpc) is 2.62. The average molecular weight is 346 g/mol. The summed E-state index contributed by atoms with van der Waals surface area (Å²) in [5, 5.41) is 5.47. The molecule has 0 spiro atoms. The van der Waals surface area contributed by atoms with Crippen molar-refractivity contribution in [2.24, 2.45) is 0 Å². The summed E-state index contributed by atoms with van der Waals surface area (Å²) in [6.45, 7) is 3.85. The van der Waals surface area contributed by atoms with E-state index in [0.29, 0.717) is 22.8 Å². The lowest BCUT2D eigenvalue weighted by atomic mass is 10.1. The lowest BCUT2D eigenvalue weighted by molar-refractivity contribution is 0.101. The topological polar surface area (TPSA) is 84.0 Å². The van der Waals surface area contributed by atoms with Crippen LogP contribution in [0.3, 0.4) is 0 Å². The number of rotatable bonds is 4. The van der Waals surface area contributed by atoms with Crippen LogP contribution in [0.25, 0.3) is 0 Å². The Labute approximate surface area is 151 Å². The molecular formula is C20H18N4O2. The number of nitrogens with zero attached hydrogens (tertiary/aromatic N) is 2. The van der Waals surface area contributed by atoms with Crippen LogP contribution in [0, 0.1) is 13.8 Å². The third kappa shape index (κ3) is 4.30. The van der Waals surface area contributed by atoms with Gasteiger partial charge in [0.05, 0.1) is 0 Å². The van der Waals surface area contributed by atoms with Gasteiger partial charge in [0.2, 0.25) is 0 Å². The minimum atomic E-state index is -0.282. The van der Waals surface area contributed by atoms with Crippen LogP contribution in [0.2, 0.25) is 0 Å². The Balaban J connectivity index is 1.67. The fraction of sp³-hybridized carbons (Fsp3) is 0.100. The van der Waals surface area contributed by atoms with Gasteiger partial charge in [0, 0.05) is 23.5 Å². The maximum atomic E-state index is 12.3. The first-order valence-electron chi connectivity index (χ1n) is 8.09. The Morgan fingerprint density at radius 3 is 1.42 bits per heavy atom. The zero-order valence-electron chi connectivity index (χ0n) is 14.5. The molecule has 0 aliphatic rings. The smallest absolute Gasteiger partial charge is 0.256 e. The predicted octanol–water partition coefficient (Wildman–Crippen LogP) is 3.60. The largest absolute Gasteiger partial charge is 0.307 e. The van der Waals surface area contributed by atoms with Crippen LogP contribution in [-0.4, -0.2) is 21.8 Å². The summed E-state index contributed by atoms with van der Waals surface area (Å²) in [5.41, 5.74) is 2.90. The van der Waals surface area contributed by atoms with E-state index in [9.17, 15) is 9.59 Å². The normalized spacial score (nSPS) is 10.2. The van der Waals surface area contributed by atoms with Crippen molar-refractivity contribution < 1.29 is 9.59 Å². The molecule has 0 saturated carbocycles. The van der Waals surface area contributed by atoms with Gasteiger partial charge in [-0.3, -0.25) is 9.59 Å². The second-order valence-electron chi connectivity index (χ2n) is 5.92. The molecule has 3 rings (SSSR count). The van der Waals surface area contributed by atoms with Gasteiger partial charge < -0.3 is 10.6 Å². The van der Waals surface area contributed by atoms with Gasteiger partial charge in [0.25, 0.3) is 11.8 Å². The Hall–Kier alpha value is -3.54. The third-order valence-corrected chi connectivity index (χ3v) is 3.72. The molecule has 0 aliphatic carbocycles. The van der Waals surface area contributed by atoms with Crippen molar-refractivity contribution in [3.8, 4) is 0 Å². The highest BCUT2D eigenvalue weighted by Crippen LogP contribution is 2.12. The third-order valence-electron chi connectivity index (χ3n) is 3.72. The number of anilines is 2. The summed E-state index contributed by atoms with van der Waals surface area (Å²) in [6, 6.07) is 13.7. The Kier molecular flexibility index (Phi) is 5.03. The van der Waals surface area contributed by atoms with Crippen LogP contribution < -0.4 is 10.6 Å². The molecule has 6 heteroatoms. The van der Waals surface area contributed by atoms with E-state index in [4.69, 9.17) is 0 Å². The molecule has 2 amide bonds. The summed E-state index contributed by atoms with van der Waals surface area (Å²) in [5.74, 6) is 0.413. The molecule has 6 nitrogen and oxygen atoms in total. The second-order valence-corrected chi connectivity index (χ2v) is 5.92. The number of carbonyl (C=O) groups excluding carboxylic acids is 2. The Morgan fingerprint density at radius 1 is 0.692 bits per heavy atom. The summed E-state index contributed by atoms with van der Waals surface area (Å²) in [7, 11) is 0. The van der Waals surface area contributed by atoms with Gasteiger partial charge in [-0.15, -0.1) is 0 Å². The van der Waals surface area contributed by atoms with Crippen molar-refractivity contribution in [3.05, 3.63) is 83.2 Å². The number of hydrogen-bond donors (Lipinski definition) is 2. The monoisotopic (exact) mass is 346 g/mol. The van der Waals surface area contributed by atoms with E-state index in [-0.39, 0.29) is 11.8 Å². The highest BCUT2D eigenvalue weighted by Gasteiger charge is 2.10. The van der Waals surface area contributed by atoms with Crippen molar-refractivity contribution in [3.63, 3.8) is 0 Å². The van der Waals surface area contributed by atoms with Crippen LogP contribution in [-0.2, 0) is 0 Å². The van der Waals surface area contributed by atoms with E-state index < -0.39 is 0 Å². The number of amides is 2. The minimum Gasteiger partial charge on any atom is -0.307 e. The fourth-order valence-corrected chi connectivity index (χ4v) is 2.36. The maximum Gasteiger partial charge on any atom is 0.256 e. The molecule has 2 aromatic heterocycles. The first-order chi connectivity index (χ1) is 12.5. The molecule has 0 saturated heterocycles. The van der Waals surface area contributed by atoms with E-state index in [1.165, 1.54) is 0 Å². The quantitative estimate of drug-likeness (QED) is 0.756. The molecule has 2 heterocycles. The summed E-state index contributed by atoms with van der Waals surface area (Å²) in [6.07, 6.45) is 3.27. The molecule has 3 aromatic rings. The molecule has 0 radical (unpaired) electrons. The van der Waals surface area contributed by atoms with E-state index in [1.807, 2.05) is 26.0 Å². The van der Waals surface area contributed by atoms with Crippen molar-refractivity contribution in [1.82, 2.24) is 9.97 Å². The Bertz CT molecular complexity index is 874. The number of hydrogen-bond acceptors (Lipinski definition) is 4. The first kappa shape index (κ1) is 17.3. The summed E-state index contributed by atoms with van der Waals surface area (Å²) < 4.78 is 0. The molecule has 130 valence electrons. The highest BCUT2D eigenvalue weighted by atomic mass is 16.2. The van der Waals surface area contributed by atoms with E-state index in [0.717, 1.165) is 11.1 Å². The Morgan fingerprint density at radius 2 is 1.08 bits per heavy atom. The van der Waals surface area contributed by atoms with Crippen molar-refractivity contribution in [2.45, 2.75) is 13.8 Å². The lowest BCUT2D eigenvalue weighted by Crippen LogP contribution is -2.15. The van der Waals surface area contributed by atoms with Gasteiger partial charge in [0.1, 0.15) is 11.6 Å². The molecular weight excluding hydrogens is 328 g/mol. The minimum absolute atomic E-state index is 0.282. The van der Waals surface area contributed by atoms with Crippen LogP contribution >= 0.6 is 0 Å². The fourth-order valence-electron chi connectivity index (χ4n) is 2.36. The predicted molar refractivity (Wildman–Crippen MR) is 100 cm³/mol. The maximum absolute atomic E-state index is 12.3. The number of aromatic nitrogens is 2. The SMILES string of the molecule is Cc1ccnc(NC(=O)c2ccc(C(=O)Nc3cc(C)ccn3)cc2)c1. The summed E-state index contributed by atoms with van der Waals surface area (Å²) >= 11 is 0. The number of carbonyl (C=O) groups is 2. The number of aryl methyl sites for hydroxylation is 2. The van der Waals surface area contributed by atoms with Gasteiger partial charge in [-0.05, 0) is 73.5 Å². The molecule has 2 N–H and O–H groups in total. The number of benzene rings is 1. The van der Waals surface area contributed by atoms with Gasteiger partial charge in [0.15, 0.2) is 0 Å². The van der Waals surface area contributed by atoms with Crippen LogP contribution in [0.15, 0.2) is 60.9 Å². The van der Waals surface area contributed by atoms with Crippen LogP contribution in [0.4, 0.5) is 11.6 Å². The molecule has 0 fully saturated rings. The summed E-state index contributed by atoms with van der Waals surface area (Å²) in [4.78, 5) is 32.8. The van der Waals surface area contributed by atoms with Crippen molar-refractivity contribution in [1.29, 1.82) is 0 Å². The molecule has 26 heavy (non-hydrogen) atoms. The van der Waals surface area contributed by atoms with Crippen molar-refractivity contribution >= 4 is 23.5 Å². The number of nitrogens with one attached hydrogen (secondary N) is 2. The number of pyridine rings is 2. The van der Waals surface area contributed by atoms with E-state index >= 15 is 0 Å². The molecule has 0 atom stereocenters. The lowest BCUT2D eigenvalue weighted by Gasteiger charge is -2.07. The second kappa shape index (κ2) is 7.57. The van der Waals surface area contributed by atoms with Crippen LogP contribution in [0.5, 0.6) is 0 Å². The standard InChI is InChI=1S/C20H18N4O2/c1-13-7-9-21-17(11-13)23-19(25)15-3-5-16(6-4-15)20(26)24-18-12-14(2)8-10-22-18/h3-12H,1-2H3,(H,21,23,25)(H,22,24,26). The molecule has 0 aliphatic heterocycles. The van der Waals surface area contributed by atoms with Gasteiger partial charge >= 0.3 is 0 Å². The van der Waals surface area contributed by atoms with Gasteiger partial charge in [-0.1, -0.05) is 0 Å². The van der Waals surface area contributed by atoms with Gasteiger partial charge in [-0.2, -0.15) is 0 Å². The van der Waals surface area contributed by atoms with Crippen molar-refractivity contribution in [2.75, 3.05) is 10.6 Å². The zero-order valence-corrected chi connectivity index (χ0v) is 14.5. The van der Waals surface area contributed by atoms with E-state index in [1.54, 1.807) is 48.8 Å². The molecule has 1 aromatic carbocycles. The molecule has 0 unspecified atom stereocenters. The van der Waals surface area contributed by atoms with Gasteiger partial charge in [-0.25, -0.2) is 9.97 Å². The van der Waals surface area contributed by atoms with Crippen LogP contribution in [0.1, 0.15) is 31.8 Å². The zero-order chi connectivity index (χ0) is 18.5. The first-order valence-corrected chi connectivity index (χ1v) is 8.09. The van der Waals surface area contributed by atoms with E-state index in [2.05, 4.69) is 20.6 Å². The molecule has 0 bridgehead atoms. The highest BCUT2D eigenvalue weighted by molar-refractivity contribution is 6.06.